The number of carbonyl (C=O) groups excluding carboxylic acids is 2. The number of piperidine rings is 1. The highest BCUT2D eigenvalue weighted by Gasteiger charge is 2.30. The molecule has 8 heteroatoms. The predicted octanol–water partition coefficient (Wildman–Crippen LogP) is 3.02. The van der Waals surface area contributed by atoms with Gasteiger partial charge in [-0.15, -0.1) is 0 Å². The zero-order valence-electron chi connectivity index (χ0n) is 16.9. The van der Waals surface area contributed by atoms with E-state index in [-0.39, 0.29) is 11.8 Å². The van der Waals surface area contributed by atoms with Crippen molar-refractivity contribution in [2.75, 3.05) is 29.9 Å². The first-order chi connectivity index (χ1) is 14.4. The Labute approximate surface area is 176 Å². The Morgan fingerprint density at radius 3 is 2.47 bits per heavy atom. The molecule has 2 amide bonds. The maximum absolute atomic E-state index is 13.1. The van der Waals surface area contributed by atoms with Crippen LogP contribution in [0.1, 0.15) is 42.1 Å². The van der Waals surface area contributed by atoms with E-state index in [1.54, 1.807) is 51.7 Å². The lowest BCUT2D eigenvalue weighted by Gasteiger charge is -2.26. The second kappa shape index (κ2) is 8.20. The van der Waals surface area contributed by atoms with E-state index in [9.17, 15) is 18.0 Å². The summed E-state index contributed by atoms with van der Waals surface area (Å²) in [6, 6.07) is 11.9. The topological polar surface area (TPSA) is 86.8 Å². The maximum Gasteiger partial charge on any atom is 0.258 e. The van der Waals surface area contributed by atoms with Crippen molar-refractivity contribution < 1.29 is 18.0 Å². The maximum atomic E-state index is 13.1. The Hall–Kier alpha value is -2.71. The molecule has 0 saturated carbocycles. The molecule has 30 heavy (non-hydrogen) atoms. The Balaban J connectivity index is 1.58. The zero-order valence-corrected chi connectivity index (χ0v) is 17.7. The molecular formula is C22H25N3O4S. The molecule has 1 N–H and O–H groups in total. The van der Waals surface area contributed by atoms with Crippen LogP contribution in [-0.4, -0.2) is 44.2 Å². The first-order valence-corrected chi connectivity index (χ1v) is 11.6. The molecule has 1 fully saturated rings. The molecule has 2 aliphatic rings. The van der Waals surface area contributed by atoms with Crippen molar-refractivity contribution in [2.24, 2.45) is 0 Å². The molecule has 158 valence electrons. The van der Waals surface area contributed by atoms with Crippen LogP contribution in [-0.2, 0) is 21.2 Å². The van der Waals surface area contributed by atoms with Gasteiger partial charge in [0.15, 0.2) is 0 Å². The van der Waals surface area contributed by atoms with Crippen molar-refractivity contribution in [2.45, 2.75) is 37.5 Å². The Kier molecular flexibility index (Phi) is 5.62. The number of hydrogen-bond donors (Lipinski definition) is 1. The zero-order chi connectivity index (χ0) is 21.3. The first kappa shape index (κ1) is 20.6. The van der Waals surface area contributed by atoms with Gasteiger partial charge >= 0.3 is 0 Å². The molecule has 2 aromatic rings. The van der Waals surface area contributed by atoms with Crippen molar-refractivity contribution in [1.82, 2.24) is 4.31 Å². The smallest absolute Gasteiger partial charge is 0.258 e. The molecule has 0 unspecified atom stereocenters. The number of amides is 2. The summed E-state index contributed by atoms with van der Waals surface area (Å²) in [5.41, 5.74) is 2.64. The lowest BCUT2D eigenvalue weighted by Crippen LogP contribution is -2.35. The van der Waals surface area contributed by atoms with Crippen LogP contribution in [0.25, 0.3) is 0 Å². The van der Waals surface area contributed by atoms with Gasteiger partial charge in [0.05, 0.1) is 4.90 Å². The minimum absolute atomic E-state index is 0.174. The fourth-order valence-corrected chi connectivity index (χ4v) is 5.66. The fraction of sp³-hybridized carbons (Fsp3) is 0.364. The summed E-state index contributed by atoms with van der Waals surface area (Å²) in [5.74, 6) is -0.374. The lowest BCUT2D eigenvalue weighted by atomic mass is 10.1. The molecule has 0 aliphatic carbocycles. The number of hydrogen-bond acceptors (Lipinski definition) is 4. The van der Waals surface area contributed by atoms with Gasteiger partial charge < -0.3 is 10.2 Å². The number of nitrogens with zero attached hydrogens (tertiary/aromatic N) is 2. The standard InChI is InChI=1S/C22H25N3O4S/c1-16(26)23-19-7-5-6-18(14-19)22(27)25-13-10-17-15-20(8-9-21(17)25)30(28,29)24-11-3-2-4-12-24/h5-9,14-15H,2-4,10-13H2,1H3,(H,23,26). The van der Waals surface area contributed by atoms with Crippen molar-refractivity contribution >= 4 is 33.2 Å². The summed E-state index contributed by atoms with van der Waals surface area (Å²) in [6.45, 7) is 3.04. The highest BCUT2D eigenvalue weighted by molar-refractivity contribution is 7.89. The van der Waals surface area contributed by atoms with Crippen LogP contribution in [0.15, 0.2) is 47.4 Å². The quantitative estimate of drug-likeness (QED) is 0.813. The number of anilines is 2. The van der Waals surface area contributed by atoms with E-state index in [1.165, 1.54) is 6.92 Å². The van der Waals surface area contributed by atoms with Gasteiger partial charge in [0.1, 0.15) is 0 Å². The van der Waals surface area contributed by atoms with Gasteiger partial charge in [0, 0.05) is 43.5 Å². The van der Waals surface area contributed by atoms with E-state index >= 15 is 0 Å². The van der Waals surface area contributed by atoms with Gasteiger partial charge in [-0.05, 0) is 61.2 Å². The average Bonchev–Trinajstić information content (AvgIpc) is 3.17. The van der Waals surface area contributed by atoms with Crippen LogP contribution in [0, 0.1) is 0 Å². The number of fused-ring (bicyclic) bond motifs is 1. The summed E-state index contributed by atoms with van der Waals surface area (Å²) in [7, 11) is -3.50. The van der Waals surface area contributed by atoms with Crippen LogP contribution >= 0.6 is 0 Å². The van der Waals surface area contributed by atoms with E-state index in [1.807, 2.05) is 0 Å². The van der Waals surface area contributed by atoms with Crippen LogP contribution in [0.4, 0.5) is 11.4 Å². The second-order valence-corrected chi connectivity index (χ2v) is 9.66. The summed E-state index contributed by atoms with van der Waals surface area (Å²) in [6.07, 6.45) is 3.46. The average molecular weight is 428 g/mol. The Bertz CT molecular complexity index is 1090. The minimum Gasteiger partial charge on any atom is -0.326 e. The molecule has 7 nitrogen and oxygen atoms in total. The van der Waals surface area contributed by atoms with E-state index < -0.39 is 10.0 Å². The number of rotatable bonds is 4. The van der Waals surface area contributed by atoms with E-state index in [4.69, 9.17) is 0 Å². The molecule has 0 aromatic heterocycles. The van der Waals surface area contributed by atoms with Gasteiger partial charge in [-0.1, -0.05) is 12.5 Å². The van der Waals surface area contributed by atoms with Crippen molar-refractivity contribution in [1.29, 1.82) is 0 Å². The van der Waals surface area contributed by atoms with Crippen LogP contribution in [0.2, 0.25) is 0 Å². The van der Waals surface area contributed by atoms with Crippen LogP contribution in [0.5, 0.6) is 0 Å². The number of benzene rings is 2. The summed E-state index contributed by atoms with van der Waals surface area (Å²) < 4.78 is 27.5. The number of nitrogens with one attached hydrogen (secondary N) is 1. The molecule has 2 heterocycles. The molecule has 2 aromatic carbocycles. The molecule has 1 saturated heterocycles. The summed E-state index contributed by atoms with van der Waals surface area (Å²) in [4.78, 5) is 26.3. The Morgan fingerprint density at radius 1 is 0.967 bits per heavy atom. The highest BCUT2D eigenvalue weighted by Crippen LogP contribution is 2.33. The number of carbonyl (C=O) groups is 2. The van der Waals surface area contributed by atoms with Gasteiger partial charge in [0.2, 0.25) is 15.9 Å². The van der Waals surface area contributed by atoms with Crippen molar-refractivity contribution in [3.05, 3.63) is 53.6 Å². The summed E-state index contributed by atoms with van der Waals surface area (Å²) in [5, 5.41) is 2.68. The normalized spacial score (nSPS) is 16.9. The highest BCUT2D eigenvalue weighted by atomic mass is 32.2. The third-order valence-corrected chi connectivity index (χ3v) is 7.47. The van der Waals surface area contributed by atoms with Gasteiger partial charge in [-0.2, -0.15) is 4.31 Å². The molecule has 0 radical (unpaired) electrons. The Morgan fingerprint density at radius 2 is 1.73 bits per heavy atom. The molecule has 0 atom stereocenters. The van der Waals surface area contributed by atoms with E-state index in [0.717, 1.165) is 30.5 Å². The largest absolute Gasteiger partial charge is 0.326 e. The molecule has 0 bridgehead atoms. The fourth-order valence-electron chi connectivity index (χ4n) is 4.09. The third-order valence-electron chi connectivity index (χ3n) is 5.57. The van der Waals surface area contributed by atoms with Crippen molar-refractivity contribution in [3.63, 3.8) is 0 Å². The minimum atomic E-state index is -3.50. The van der Waals surface area contributed by atoms with Gasteiger partial charge in [0.25, 0.3) is 5.91 Å². The number of sulfonamides is 1. The van der Waals surface area contributed by atoms with Crippen LogP contribution < -0.4 is 10.2 Å². The molecule has 4 rings (SSSR count). The summed E-state index contributed by atoms with van der Waals surface area (Å²) >= 11 is 0. The molecular weight excluding hydrogens is 402 g/mol. The monoisotopic (exact) mass is 427 g/mol. The molecule has 2 aliphatic heterocycles. The predicted molar refractivity (Wildman–Crippen MR) is 115 cm³/mol. The van der Waals surface area contributed by atoms with Gasteiger partial charge in [-0.3, -0.25) is 9.59 Å². The van der Waals surface area contributed by atoms with E-state index in [2.05, 4.69) is 5.32 Å². The van der Waals surface area contributed by atoms with E-state index in [0.29, 0.717) is 42.2 Å². The molecule has 0 spiro atoms. The van der Waals surface area contributed by atoms with Gasteiger partial charge in [-0.25, -0.2) is 8.42 Å². The second-order valence-electron chi connectivity index (χ2n) is 7.72. The van der Waals surface area contributed by atoms with Crippen LogP contribution in [0.3, 0.4) is 0 Å². The lowest BCUT2D eigenvalue weighted by molar-refractivity contribution is -0.114. The SMILES string of the molecule is CC(=O)Nc1cccc(C(=O)N2CCc3cc(S(=O)(=O)N4CCCCC4)ccc32)c1. The third kappa shape index (κ3) is 3.97. The first-order valence-electron chi connectivity index (χ1n) is 10.2. The van der Waals surface area contributed by atoms with Crippen molar-refractivity contribution in [3.8, 4) is 0 Å².